The highest BCUT2D eigenvalue weighted by molar-refractivity contribution is 7.89. The number of rotatable bonds is 8. The number of ether oxygens (including phenoxy) is 1. The lowest BCUT2D eigenvalue weighted by atomic mass is 10.0. The molecular weight excluding hydrogens is 512 g/mol. The monoisotopic (exact) mass is 538 g/mol. The first kappa shape index (κ1) is 25.9. The maximum absolute atomic E-state index is 12.9. The number of para-hydroxylation sites is 1. The van der Waals surface area contributed by atoms with E-state index in [0.29, 0.717) is 34.4 Å². The number of carbonyl (C=O) groups excluding carboxylic acids is 1. The first-order valence-corrected chi connectivity index (χ1v) is 14.2. The minimum Gasteiger partial charge on any atom is -0.439 e. The molecule has 0 aliphatic heterocycles. The predicted molar refractivity (Wildman–Crippen MR) is 153 cm³/mol. The molecule has 9 heteroatoms. The Kier molecular flexibility index (Phi) is 7.25. The van der Waals surface area contributed by atoms with E-state index in [1.165, 1.54) is 6.26 Å². The van der Waals surface area contributed by atoms with E-state index in [1.807, 2.05) is 67.6 Å². The van der Waals surface area contributed by atoms with Crippen LogP contribution in [0.1, 0.15) is 21.5 Å². The topological polar surface area (TPSA) is 110 Å². The van der Waals surface area contributed by atoms with Crippen LogP contribution in [0.15, 0.2) is 97.2 Å². The second-order valence-electron chi connectivity index (χ2n) is 9.17. The van der Waals surface area contributed by atoms with Crippen LogP contribution in [-0.4, -0.2) is 30.5 Å². The van der Waals surface area contributed by atoms with Crippen LogP contribution in [0.25, 0.3) is 10.8 Å². The molecule has 0 aliphatic rings. The number of hydrogen-bond donors (Lipinski definition) is 2. The smallest absolute Gasteiger partial charge is 0.256 e. The fourth-order valence-electron chi connectivity index (χ4n) is 4.14. The van der Waals surface area contributed by atoms with Crippen LogP contribution in [-0.2, 0) is 15.6 Å². The summed E-state index contributed by atoms with van der Waals surface area (Å²) in [6.45, 7) is 1.91. The molecular formula is C30H26N4O4S. The standard InChI is InChI=1S/C30H26N4O4S/c1-20-11-12-21(19-39(2,36)37)17-27(20)33-30-31-16-15-28(34-30)38-24-13-14-25-22(18-24)7-6-10-26(25)29(35)32-23-8-4-3-5-9-23/h3-18H,19H2,1-2H3,(H,32,35)(H,31,33,34). The molecule has 0 bridgehead atoms. The summed E-state index contributed by atoms with van der Waals surface area (Å²) in [5.41, 5.74) is 3.59. The highest BCUT2D eigenvalue weighted by Gasteiger charge is 2.12. The third-order valence-corrected chi connectivity index (χ3v) is 6.82. The van der Waals surface area contributed by atoms with Crippen LogP contribution >= 0.6 is 0 Å². The number of aryl methyl sites for hydroxylation is 1. The molecule has 0 saturated heterocycles. The van der Waals surface area contributed by atoms with Gasteiger partial charge >= 0.3 is 0 Å². The number of anilines is 3. The van der Waals surface area contributed by atoms with Gasteiger partial charge in [-0.3, -0.25) is 4.79 Å². The van der Waals surface area contributed by atoms with Crippen LogP contribution in [0.4, 0.5) is 17.3 Å². The van der Waals surface area contributed by atoms with Crippen LogP contribution in [0.3, 0.4) is 0 Å². The molecule has 0 atom stereocenters. The largest absolute Gasteiger partial charge is 0.439 e. The van der Waals surface area contributed by atoms with E-state index in [-0.39, 0.29) is 11.7 Å². The van der Waals surface area contributed by atoms with Gasteiger partial charge in [-0.2, -0.15) is 4.98 Å². The Morgan fingerprint density at radius 1 is 0.923 bits per heavy atom. The van der Waals surface area contributed by atoms with Gasteiger partial charge in [-0.05, 0) is 71.3 Å². The summed E-state index contributed by atoms with van der Waals surface area (Å²) in [4.78, 5) is 21.6. The van der Waals surface area contributed by atoms with Crippen molar-refractivity contribution in [1.82, 2.24) is 9.97 Å². The van der Waals surface area contributed by atoms with Gasteiger partial charge < -0.3 is 15.4 Å². The van der Waals surface area contributed by atoms with E-state index < -0.39 is 9.84 Å². The van der Waals surface area contributed by atoms with Gasteiger partial charge in [-0.25, -0.2) is 13.4 Å². The number of carbonyl (C=O) groups is 1. The fourth-order valence-corrected chi connectivity index (χ4v) is 4.92. The first-order chi connectivity index (χ1) is 18.7. The third-order valence-electron chi connectivity index (χ3n) is 5.96. The Bertz CT molecular complexity index is 1770. The van der Waals surface area contributed by atoms with Gasteiger partial charge in [0.25, 0.3) is 5.91 Å². The van der Waals surface area contributed by atoms with Crippen LogP contribution in [0, 0.1) is 6.92 Å². The van der Waals surface area contributed by atoms with Crippen LogP contribution < -0.4 is 15.4 Å². The second-order valence-corrected chi connectivity index (χ2v) is 11.3. The molecule has 0 radical (unpaired) electrons. The van der Waals surface area contributed by atoms with Crippen molar-refractivity contribution in [3.05, 3.63) is 114 Å². The summed E-state index contributed by atoms with van der Waals surface area (Å²) in [7, 11) is -3.16. The maximum Gasteiger partial charge on any atom is 0.256 e. The van der Waals surface area contributed by atoms with Crippen molar-refractivity contribution in [2.24, 2.45) is 0 Å². The zero-order valence-corrected chi connectivity index (χ0v) is 22.2. The van der Waals surface area contributed by atoms with Crippen molar-refractivity contribution < 1.29 is 17.9 Å². The molecule has 39 heavy (non-hydrogen) atoms. The Morgan fingerprint density at radius 2 is 1.74 bits per heavy atom. The maximum atomic E-state index is 12.9. The lowest BCUT2D eigenvalue weighted by Crippen LogP contribution is -2.12. The molecule has 0 unspecified atom stereocenters. The zero-order valence-electron chi connectivity index (χ0n) is 21.4. The van der Waals surface area contributed by atoms with Crippen molar-refractivity contribution in [2.75, 3.05) is 16.9 Å². The van der Waals surface area contributed by atoms with Gasteiger partial charge in [0, 0.05) is 35.5 Å². The minimum atomic E-state index is -3.16. The van der Waals surface area contributed by atoms with Gasteiger partial charge in [-0.15, -0.1) is 0 Å². The van der Waals surface area contributed by atoms with Crippen molar-refractivity contribution >= 4 is 43.8 Å². The van der Waals surface area contributed by atoms with E-state index in [2.05, 4.69) is 20.6 Å². The summed E-state index contributed by atoms with van der Waals surface area (Å²) in [6.07, 6.45) is 2.78. The zero-order chi connectivity index (χ0) is 27.4. The molecule has 0 spiro atoms. The fraction of sp³-hybridized carbons (Fsp3) is 0.100. The molecule has 5 aromatic rings. The third kappa shape index (κ3) is 6.58. The summed E-state index contributed by atoms with van der Waals surface area (Å²) in [5.74, 6) is 0.952. The van der Waals surface area contributed by atoms with Crippen LogP contribution in [0.2, 0.25) is 0 Å². The molecule has 0 aliphatic carbocycles. The SMILES string of the molecule is Cc1ccc(CS(C)(=O)=O)cc1Nc1nccc(Oc2ccc3c(C(=O)Nc4ccccc4)cccc3c2)n1. The lowest BCUT2D eigenvalue weighted by Gasteiger charge is -2.12. The highest BCUT2D eigenvalue weighted by Crippen LogP contribution is 2.28. The van der Waals surface area contributed by atoms with E-state index >= 15 is 0 Å². The molecule has 1 heterocycles. The van der Waals surface area contributed by atoms with Crippen molar-refractivity contribution in [2.45, 2.75) is 12.7 Å². The number of hydrogen-bond acceptors (Lipinski definition) is 7. The Balaban J connectivity index is 1.34. The van der Waals surface area contributed by atoms with Crippen molar-refractivity contribution in [3.63, 3.8) is 0 Å². The Hall–Kier alpha value is -4.76. The van der Waals surface area contributed by atoms with Gasteiger partial charge in [0.05, 0.1) is 5.75 Å². The molecule has 1 aromatic heterocycles. The number of amides is 1. The summed E-state index contributed by atoms with van der Waals surface area (Å²) in [6, 6.07) is 27.4. The Morgan fingerprint density at radius 3 is 2.54 bits per heavy atom. The predicted octanol–water partition coefficient (Wildman–Crippen LogP) is 6.27. The number of aromatic nitrogens is 2. The van der Waals surface area contributed by atoms with Gasteiger partial charge in [0.15, 0.2) is 9.84 Å². The van der Waals surface area contributed by atoms with Crippen molar-refractivity contribution in [3.8, 4) is 11.6 Å². The normalized spacial score (nSPS) is 11.2. The van der Waals surface area contributed by atoms with Crippen LogP contribution in [0.5, 0.6) is 11.6 Å². The first-order valence-electron chi connectivity index (χ1n) is 12.2. The number of nitrogens with zero attached hydrogens (tertiary/aromatic N) is 2. The molecule has 0 fully saturated rings. The van der Waals surface area contributed by atoms with E-state index in [9.17, 15) is 13.2 Å². The highest BCUT2D eigenvalue weighted by atomic mass is 32.2. The molecule has 5 rings (SSSR count). The molecule has 1 amide bonds. The summed E-state index contributed by atoms with van der Waals surface area (Å²) >= 11 is 0. The second kappa shape index (κ2) is 10.9. The number of nitrogens with one attached hydrogen (secondary N) is 2. The number of benzene rings is 4. The average Bonchev–Trinajstić information content (AvgIpc) is 2.90. The van der Waals surface area contributed by atoms with Gasteiger partial charge in [-0.1, -0.05) is 42.5 Å². The van der Waals surface area contributed by atoms with E-state index in [4.69, 9.17) is 4.74 Å². The molecule has 4 aromatic carbocycles. The van der Waals surface area contributed by atoms with Gasteiger partial charge in [0.2, 0.25) is 11.8 Å². The number of fused-ring (bicyclic) bond motifs is 1. The van der Waals surface area contributed by atoms with E-state index in [1.54, 1.807) is 36.5 Å². The Labute approximate surface area is 226 Å². The minimum absolute atomic E-state index is 0.0520. The summed E-state index contributed by atoms with van der Waals surface area (Å²) < 4.78 is 29.4. The van der Waals surface area contributed by atoms with Gasteiger partial charge in [0.1, 0.15) is 5.75 Å². The number of sulfone groups is 1. The molecule has 2 N–H and O–H groups in total. The lowest BCUT2D eigenvalue weighted by molar-refractivity contribution is 0.102. The van der Waals surface area contributed by atoms with Crippen molar-refractivity contribution in [1.29, 1.82) is 0 Å². The summed E-state index contributed by atoms with van der Waals surface area (Å²) in [5, 5.41) is 7.72. The molecule has 0 saturated carbocycles. The van der Waals surface area contributed by atoms with E-state index in [0.717, 1.165) is 22.0 Å². The average molecular weight is 539 g/mol. The molecule has 8 nitrogen and oxygen atoms in total. The quantitative estimate of drug-likeness (QED) is 0.240. The molecule has 196 valence electrons.